The second kappa shape index (κ2) is 11.3. The van der Waals surface area contributed by atoms with E-state index in [9.17, 15) is 0 Å². The Morgan fingerprint density at radius 1 is 0.680 bits per heavy atom. The lowest BCUT2D eigenvalue weighted by atomic mass is 10.1. The van der Waals surface area contributed by atoms with E-state index in [0.29, 0.717) is 0 Å². The highest BCUT2D eigenvalue weighted by Crippen LogP contribution is 2.27. The maximum absolute atomic E-state index is 5.81. The molecular weight excluding hydrogens is 314 g/mol. The Bertz CT molecular complexity index is 579. The van der Waals surface area contributed by atoms with Gasteiger partial charge in [-0.1, -0.05) is 25.3 Å². The molecule has 1 aromatic heterocycles. The lowest BCUT2D eigenvalue weighted by molar-refractivity contribution is -0.697. The second-order valence-corrected chi connectivity index (χ2v) is 6.13. The molecule has 0 amide bonds. The van der Waals surface area contributed by atoms with E-state index >= 15 is 0 Å². The van der Waals surface area contributed by atoms with Crippen molar-refractivity contribution in [2.45, 2.75) is 45.1 Å². The fourth-order valence-electron chi connectivity index (χ4n) is 2.74. The number of ether oxygens (including phenoxy) is 3. The smallest absolute Gasteiger partial charge is 0.168 e. The highest BCUT2D eigenvalue weighted by Gasteiger charge is 2.03. The molecule has 0 saturated heterocycles. The number of aromatic nitrogens is 1. The minimum Gasteiger partial charge on any atom is -0.496 e. The molecule has 0 N–H and O–H groups in total. The first-order chi connectivity index (χ1) is 12.3. The molecule has 136 valence electrons. The fraction of sp³-hybridized carbons (Fsp3) is 0.476. The van der Waals surface area contributed by atoms with Crippen molar-refractivity contribution in [3.8, 4) is 17.2 Å². The highest BCUT2D eigenvalue weighted by molar-refractivity contribution is 5.41. The Kier molecular flexibility index (Phi) is 8.67. The molecule has 0 radical (unpaired) electrons. The van der Waals surface area contributed by atoms with Gasteiger partial charge >= 0.3 is 0 Å². The van der Waals surface area contributed by atoms with Crippen LogP contribution in [0.4, 0.5) is 0 Å². The monoisotopic (exact) mass is 344 g/mol. The highest BCUT2D eigenvalue weighted by atomic mass is 16.5. The predicted molar refractivity (Wildman–Crippen MR) is 99.4 cm³/mol. The van der Waals surface area contributed by atoms with Crippen molar-refractivity contribution in [3.05, 3.63) is 48.8 Å². The van der Waals surface area contributed by atoms with Crippen molar-refractivity contribution in [1.82, 2.24) is 0 Å². The molecule has 4 heteroatoms. The van der Waals surface area contributed by atoms with E-state index in [0.717, 1.165) is 36.8 Å². The number of hydrogen-bond acceptors (Lipinski definition) is 3. The molecule has 1 heterocycles. The van der Waals surface area contributed by atoms with Gasteiger partial charge in [0, 0.05) is 36.8 Å². The zero-order valence-electron chi connectivity index (χ0n) is 15.4. The Labute approximate surface area is 151 Å². The summed E-state index contributed by atoms with van der Waals surface area (Å²) in [6.45, 7) is 1.85. The molecule has 0 fully saturated rings. The Morgan fingerprint density at radius 2 is 1.24 bits per heavy atom. The molecule has 0 bridgehead atoms. The molecule has 0 atom stereocenters. The van der Waals surface area contributed by atoms with Crippen LogP contribution in [0, 0.1) is 0 Å². The summed E-state index contributed by atoms with van der Waals surface area (Å²) < 4.78 is 18.6. The van der Waals surface area contributed by atoms with Crippen molar-refractivity contribution in [1.29, 1.82) is 0 Å². The van der Waals surface area contributed by atoms with Crippen molar-refractivity contribution in [2.24, 2.45) is 0 Å². The fourth-order valence-corrected chi connectivity index (χ4v) is 2.74. The van der Waals surface area contributed by atoms with Crippen LogP contribution >= 0.6 is 0 Å². The molecule has 4 nitrogen and oxygen atoms in total. The first-order valence-corrected chi connectivity index (χ1v) is 9.12. The zero-order chi connectivity index (χ0) is 17.7. The molecule has 0 aliphatic carbocycles. The van der Waals surface area contributed by atoms with Crippen LogP contribution in [-0.2, 0) is 6.54 Å². The van der Waals surface area contributed by atoms with Gasteiger partial charge in [0.15, 0.2) is 12.4 Å². The van der Waals surface area contributed by atoms with E-state index in [2.05, 4.69) is 35.2 Å². The van der Waals surface area contributed by atoms with E-state index in [1.807, 2.05) is 18.2 Å². The average Bonchev–Trinajstić information content (AvgIpc) is 2.67. The molecular formula is C21H30NO3+. The lowest BCUT2D eigenvalue weighted by Gasteiger charge is -2.10. The summed E-state index contributed by atoms with van der Waals surface area (Å²) in [6.07, 6.45) is 11.6. The van der Waals surface area contributed by atoms with Gasteiger partial charge in [-0.3, -0.25) is 0 Å². The minimum absolute atomic E-state index is 0.732. The minimum atomic E-state index is 0.732. The molecule has 0 saturated carbocycles. The van der Waals surface area contributed by atoms with Crippen LogP contribution in [0.3, 0.4) is 0 Å². The number of nitrogens with zero attached hydrogens (tertiary/aromatic N) is 1. The van der Waals surface area contributed by atoms with Crippen LogP contribution in [-0.4, -0.2) is 20.8 Å². The van der Waals surface area contributed by atoms with Crippen molar-refractivity contribution >= 4 is 0 Å². The molecule has 0 unspecified atom stereocenters. The normalized spacial score (nSPS) is 10.5. The third kappa shape index (κ3) is 7.46. The SMILES string of the molecule is COc1cc(OC)cc(OCCCCCCCC[n+]2ccccc2)c1. The van der Waals surface area contributed by atoms with Gasteiger partial charge in [0.2, 0.25) is 0 Å². The topological polar surface area (TPSA) is 31.6 Å². The van der Waals surface area contributed by atoms with Gasteiger partial charge in [0.1, 0.15) is 23.8 Å². The summed E-state index contributed by atoms with van der Waals surface area (Å²) in [6, 6.07) is 11.9. The predicted octanol–water partition coefficient (Wildman–Crippen LogP) is 4.41. The second-order valence-electron chi connectivity index (χ2n) is 6.13. The van der Waals surface area contributed by atoms with Gasteiger partial charge in [0.05, 0.1) is 20.8 Å². The number of unbranched alkanes of at least 4 members (excludes halogenated alkanes) is 5. The van der Waals surface area contributed by atoms with Gasteiger partial charge in [-0.25, -0.2) is 4.57 Å². The van der Waals surface area contributed by atoms with Gasteiger partial charge < -0.3 is 14.2 Å². The first kappa shape index (κ1) is 19.1. The van der Waals surface area contributed by atoms with E-state index in [1.165, 1.54) is 32.1 Å². The molecule has 2 aromatic rings. The summed E-state index contributed by atoms with van der Waals surface area (Å²) in [5.74, 6) is 2.31. The van der Waals surface area contributed by atoms with E-state index < -0.39 is 0 Å². The standard InChI is InChI=1S/C21H30NO3/c1-23-19-16-20(24-2)18-21(17-19)25-15-11-6-4-3-5-8-12-22-13-9-7-10-14-22/h7,9-10,13-14,16-18H,3-6,8,11-12,15H2,1-2H3/q+1. The number of hydrogen-bond donors (Lipinski definition) is 0. The summed E-state index contributed by atoms with van der Waals surface area (Å²) in [5.41, 5.74) is 0. The largest absolute Gasteiger partial charge is 0.496 e. The molecule has 25 heavy (non-hydrogen) atoms. The third-order valence-electron chi connectivity index (χ3n) is 4.18. The molecule has 0 aliphatic heterocycles. The number of benzene rings is 1. The maximum atomic E-state index is 5.81. The maximum Gasteiger partial charge on any atom is 0.168 e. The van der Waals surface area contributed by atoms with Gasteiger partial charge in [-0.15, -0.1) is 0 Å². The van der Waals surface area contributed by atoms with Crippen LogP contribution in [0.2, 0.25) is 0 Å². The van der Waals surface area contributed by atoms with E-state index in [4.69, 9.17) is 14.2 Å². The lowest BCUT2D eigenvalue weighted by Crippen LogP contribution is -2.32. The molecule has 2 rings (SSSR count). The Hall–Kier alpha value is -2.23. The van der Waals surface area contributed by atoms with Crippen molar-refractivity contribution in [3.63, 3.8) is 0 Å². The van der Waals surface area contributed by atoms with E-state index in [1.54, 1.807) is 14.2 Å². The first-order valence-electron chi connectivity index (χ1n) is 9.12. The number of methoxy groups -OCH3 is 2. The van der Waals surface area contributed by atoms with Crippen LogP contribution < -0.4 is 18.8 Å². The van der Waals surface area contributed by atoms with Crippen LogP contribution in [0.25, 0.3) is 0 Å². The molecule has 0 spiro atoms. The summed E-state index contributed by atoms with van der Waals surface area (Å²) in [7, 11) is 3.30. The Morgan fingerprint density at radius 3 is 1.88 bits per heavy atom. The average molecular weight is 344 g/mol. The molecule has 0 aliphatic rings. The third-order valence-corrected chi connectivity index (χ3v) is 4.18. The van der Waals surface area contributed by atoms with Crippen molar-refractivity contribution in [2.75, 3.05) is 20.8 Å². The van der Waals surface area contributed by atoms with Crippen LogP contribution in [0.15, 0.2) is 48.8 Å². The van der Waals surface area contributed by atoms with Gasteiger partial charge in [-0.05, 0) is 12.8 Å². The Balaban J connectivity index is 1.52. The number of pyridine rings is 1. The van der Waals surface area contributed by atoms with Crippen LogP contribution in [0.5, 0.6) is 17.2 Å². The van der Waals surface area contributed by atoms with Crippen LogP contribution in [0.1, 0.15) is 38.5 Å². The number of aryl methyl sites for hydroxylation is 1. The van der Waals surface area contributed by atoms with Gasteiger partial charge in [-0.2, -0.15) is 0 Å². The quantitative estimate of drug-likeness (QED) is 0.422. The summed E-state index contributed by atoms with van der Waals surface area (Å²) >= 11 is 0. The van der Waals surface area contributed by atoms with E-state index in [-0.39, 0.29) is 0 Å². The van der Waals surface area contributed by atoms with Gasteiger partial charge in [0.25, 0.3) is 0 Å². The summed E-state index contributed by atoms with van der Waals surface area (Å²) in [4.78, 5) is 0. The zero-order valence-corrected chi connectivity index (χ0v) is 15.4. The molecule has 1 aromatic carbocycles. The summed E-state index contributed by atoms with van der Waals surface area (Å²) in [5, 5.41) is 0. The number of rotatable bonds is 12. The van der Waals surface area contributed by atoms with Crippen molar-refractivity contribution < 1.29 is 18.8 Å².